The van der Waals surface area contributed by atoms with E-state index < -0.39 is 107 Å². The third kappa shape index (κ3) is 3.73. The number of ketones is 2. The molecule has 0 spiro atoms. The summed E-state index contributed by atoms with van der Waals surface area (Å²) < 4.78 is 38.3. The van der Waals surface area contributed by atoms with Gasteiger partial charge in [0.15, 0.2) is 11.5 Å². The molecule has 0 aromatic rings. The molecule has 210 valence electrons. The second kappa shape index (κ2) is 9.45. The van der Waals surface area contributed by atoms with Gasteiger partial charge in [0, 0.05) is 36.0 Å². The van der Waals surface area contributed by atoms with Crippen molar-refractivity contribution in [3.8, 4) is 0 Å². The third-order valence-corrected chi connectivity index (χ3v) is 9.40. The van der Waals surface area contributed by atoms with Gasteiger partial charge in [0.25, 0.3) is 5.09 Å². The lowest BCUT2D eigenvalue weighted by atomic mass is 9.45. The van der Waals surface area contributed by atoms with Crippen molar-refractivity contribution in [3.05, 3.63) is 33.7 Å². The van der Waals surface area contributed by atoms with Gasteiger partial charge >= 0.3 is 5.97 Å². The maximum absolute atomic E-state index is 17.2. The monoisotopic (exact) mass is 543 g/mol. The van der Waals surface area contributed by atoms with E-state index in [0.717, 1.165) is 6.08 Å². The highest BCUT2D eigenvalue weighted by atomic mass is 19.1. The molecule has 2 saturated carbocycles. The highest BCUT2D eigenvalue weighted by Gasteiger charge is 2.78. The van der Waals surface area contributed by atoms with Crippen molar-refractivity contribution >= 4 is 17.5 Å². The largest absolute Gasteiger partial charge is 0.447 e. The number of nitrogens with zero attached hydrogens (tertiary/aromatic N) is 1. The number of alkyl halides is 1. The Morgan fingerprint density at radius 1 is 1.24 bits per heavy atom. The zero-order valence-electron chi connectivity index (χ0n) is 21.0. The van der Waals surface area contributed by atoms with Crippen LogP contribution in [-0.4, -0.2) is 74.6 Å². The zero-order chi connectivity index (χ0) is 28.3. The lowest BCUT2D eigenvalue weighted by Crippen LogP contribution is -2.70. The number of esters is 1. The number of allylic oxidation sites excluding steroid dienone is 4. The molecule has 13 heteroatoms. The summed E-state index contributed by atoms with van der Waals surface area (Å²) >= 11 is 0. The first-order valence-corrected chi connectivity index (χ1v) is 12.5. The number of Topliss-reactive ketones (excluding diaryl/α,β-unsaturated/α-hetero) is 1. The van der Waals surface area contributed by atoms with E-state index in [-0.39, 0.29) is 24.8 Å². The minimum absolute atomic E-state index is 0.0500. The van der Waals surface area contributed by atoms with Crippen LogP contribution in [0.1, 0.15) is 52.4 Å². The summed E-state index contributed by atoms with van der Waals surface area (Å²) in [6.45, 7) is 1.28. The van der Waals surface area contributed by atoms with Gasteiger partial charge in [-0.15, -0.1) is 10.1 Å². The molecule has 2 fully saturated rings. The molecule has 38 heavy (non-hydrogen) atoms. The summed E-state index contributed by atoms with van der Waals surface area (Å²) in [6, 6.07) is 0. The minimum Gasteiger partial charge on any atom is -0.447 e. The maximum atomic E-state index is 17.2. The Bertz CT molecular complexity index is 1130. The van der Waals surface area contributed by atoms with E-state index in [1.165, 1.54) is 19.9 Å². The van der Waals surface area contributed by atoms with Gasteiger partial charge in [-0.25, -0.2) is 8.78 Å². The van der Waals surface area contributed by atoms with Crippen molar-refractivity contribution < 1.29 is 53.1 Å². The first kappa shape index (κ1) is 28.2. The van der Waals surface area contributed by atoms with Crippen molar-refractivity contribution in [3.63, 3.8) is 0 Å². The number of aliphatic hydroxyl groups excluding tert-OH is 3. The van der Waals surface area contributed by atoms with E-state index in [2.05, 4.69) is 4.84 Å². The summed E-state index contributed by atoms with van der Waals surface area (Å²) in [5.74, 6) is -5.43. The number of aliphatic hydroxyl groups is 3. The van der Waals surface area contributed by atoms with Gasteiger partial charge in [-0.05, 0) is 43.8 Å². The van der Waals surface area contributed by atoms with Gasteiger partial charge in [0.2, 0.25) is 11.4 Å². The predicted molar refractivity (Wildman–Crippen MR) is 123 cm³/mol. The van der Waals surface area contributed by atoms with Crippen molar-refractivity contribution in [2.45, 2.75) is 75.9 Å². The first-order chi connectivity index (χ1) is 17.7. The predicted octanol–water partition coefficient (Wildman–Crippen LogP) is 1.46. The van der Waals surface area contributed by atoms with Crippen LogP contribution in [0.5, 0.6) is 0 Å². The van der Waals surface area contributed by atoms with Crippen molar-refractivity contribution in [1.29, 1.82) is 0 Å². The van der Waals surface area contributed by atoms with Crippen LogP contribution < -0.4 is 0 Å². The molecule has 0 amide bonds. The Kier molecular flexibility index (Phi) is 7.03. The topological polar surface area (TPSA) is 173 Å². The van der Waals surface area contributed by atoms with Crippen LogP contribution in [0.15, 0.2) is 23.6 Å². The Balaban J connectivity index is 1.74. The molecular formula is C25H31F2NO10. The number of hydrogen-bond donors (Lipinski definition) is 3. The van der Waals surface area contributed by atoms with E-state index in [4.69, 9.17) is 4.74 Å². The number of ether oxygens (including phenoxy) is 1. The number of fused-ring (bicyclic) bond motifs is 5. The van der Waals surface area contributed by atoms with E-state index >= 15 is 8.78 Å². The molecule has 8 atom stereocenters. The molecule has 2 unspecified atom stereocenters. The number of halogens is 2. The number of rotatable bonds is 8. The van der Waals surface area contributed by atoms with Crippen LogP contribution in [0, 0.1) is 32.8 Å². The van der Waals surface area contributed by atoms with Crippen molar-refractivity contribution in [2.75, 3.05) is 13.2 Å². The number of carbonyl (C=O) groups is 3. The smallest absolute Gasteiger partial charge is 0.306 e. The van der Waals surface area contributed by atoms with Gasteiger partial charge in [0.1, 0.15) is 18.5 Å². The molecule has 0 saturated heterocycles. The second-order valence-electron chi connectivity index (χ2n) is 11.1. The van der Waals surface area contributed by atoms with E-state index in [1.807, 2.05) is 0 Å². The summed E-state index contributed by atoms with van der Waals surface area (Å²) in [4.78, 5) is 52.4. The molecule has 0 aromatic carbocycles. The van der Waals surface area contributed by atoms with Gasteiger partial charge in [-0.2, -0.15) is 0 Å². The first-order valence-electron chi connectivity index (χ1n) is 12.5. The average molecular weight is 544 g/mol. The van der Waals surface area contributed by atoms with Crippen molar-refractivity contribution in [1.82, 2.24) is 0 Å². The Morgan fingerprint density at radius 3 is 2.55 bits per heavy atom. The molecule has 0 heterocycles. The van der Waals surface area contributed by atoms with Crippen LogP contribution in [0.2, 0.25) is 0 Å². The highest BCUT2D eigenvalue weighted by Crippen LogP contribution is 2.70. The molecule has 3 N–H and O–H groups in total. The summed E-state index contributed by atoms with van der Waals surface area (Å²) in [5, 5.41) is 41.6. The fraction of sp³-hybridized carbons (Fsp3) is 0.720. The molecule has 11 nitrogen and oxygen atoms in total. The third-order valence-electron chi connectivity index (χ3n) is 9.40. The average Bonchev–Trinajstić information content (AvgIpc) is 3.06. The molecule has 4 aliphatic carbocycles. The summed E-state index contributed by atoms with van der Waals surface area (Å²) in [5.41, 5.74) is -8.18. The van der Waals surface area contributed by atoms with Gasteiger partial charge in [-0.1, -0.05) is 13.0 Å². The molecule has 0 aromatic heterocycles. The van der Waals surface area contributed by atoms with Crippen LogP contribution in [0.25, 0.3) is 0 Å². The SMILES string of the molecule is C[C@]12C=CC(=O)CC1=C(F)CC1C3C[C@@H](O)[C@](OC(=O)CCCO[N+](=O)[O-])(C(=O)CO)[C@@]3(C)C[C@H](O)[C@@]12F. The van der Waals surface area contributed by atoms with E-state index in [9.17, 15) is 39.8 Å². The molecule has 0 bridgehead atoms. The van der Waals surface area contributed by atoms with Crippen LogP contribution in [-0.2, 0) is 24.0 Å². The fourth-order valence-electron chi connectivity index (χ4n) is 7.63. The van der Waals surface area contributed by atoms with Gasteiger partial charge in [0.05, 0.1) is 12.7 Å². The second-order valence-corrected chi connectivity index (χ2v) is 11.1. The van der Waals surface area contributed by atoms with Crippen LogP contribution in [0.4, 0.5) is 8.78 Å². The van der Waals surface area contributed by atoms with Gasteiger partial charge in [-0.3, -0.25) is 14.4 Å². The number of carbonyl (C=O) groups excluding carboxylic acids is 3. The summed E-state index contributed by atoms with van der Waals surface area (Å²) in [7, 11) is 0. The van der Waals surface area contributed by atoms with E-state index in [1.54, 1.807) is 0 Å². The molecule has 4 aliphatic rings. The normalized spacial score (nSPS) is 41.7. The van der Waals surface area contributed by atoms with Crippen LogP contribution >= 0.6 is 0 Å². The maximum Gasteiger partial charge on any atom is 0.306 e. The molecule has 0 radical (unpaired) electrons. The van der Waals surface area contributed by atoms with Crippen molar-refractivity contribution in [2.24, 2.45) is 22.7 Å². The summed E-state index contributed by atoms with van der Waals surface area (Å²) in [6.07, 6.45) is -3.29. The number of hydrogen-bond acceptors (Lipinski definition) is 10. The Morgan fingerprint density at radius 2 is 1.92 bits per heavy atom. The van der Waals surface area contributed by atoms with Crippen LogP contribution in [0.3, 0.4) is 0 Å². The quantitative estimate of drug-likeness (QED) is 0.176. The lowest BCUT2D eigenvalue weighted by molar-refractivity contribution is -0.757. The Hall–Kier alpha value is -2.77. The molecule has 0 aliphatic heterocycles. The standard InChI is InChI=1S/C25H31F2NO10/c1-22-6-5-13(30)8-16(22)17(26)9-15-14-10-18(31)25(20(33)12-29,23(14,2)11-19(32)24(15,22)27)38-21(34)4-3-7-37-28(35)36/h5-6,14-15,18-19,29,31-32H,3-4,7-12H2,1-2H3/t14?,15?,18-,19+,22+,23+,24+,25+/m1/s1. The molecule has 4 rings (SSSR count). The fourth-order valence-corrected chi connectivity index (χ4v) is 7.63. The highest BCUT2D eigenvalue weighted by molar-refractivity contribution is 5.94. The minimum atomic E-state index is -2.47. The Labute approximate surface area is 216 Å². The van der Waals surface area contributed by atoms with Gasteiger partial charge < -0.3 is 24.9 Å². The lowest BCUT2D eigenvalue weighted by Gasteiger charge is -2.62. The molecular weight excluding hydrogens is 512 g/mol. The van der Waals surface area contributed by atoms with E-state index in [0.29, 0.717) is 0 Å². The zero-order valence-corrected chi connectivity index (χ0v) is 21.0.